The zero-order chi connectivity index (χ0) is 108. The van der Waals surface area contributed by atoms with Gasteiger partial charge in [0.05, 0.1) is 99.2 Å². The molecule has 0 saturated heterocycles. The molecule has 28 rings (SSSR count). The first-order valence-corrected chi connectivity index (χ1v) is 47.2. The summed E-state index contributed by atoms with van der Waals surface area (Å²) in [5.41, 5.74) is 26.2. The Morgan fingerprint density at radius 2 is 0.336 bits per heavy atom. The molecule has 0 unspecified atom stereocenters. The molecule has 0 aliphatic carbocycles. The van der Waals surface area contributed by atoms with E-state index in [1.54, 1.807) is 48.5 Å². The monoisotopic (exact) mass is 1810 g/mol. The van der Waals surface area contributed by atoms with Crippen molar-refractivity contribution in [2.24, 2.45) is 0 Å². The normalized spacial score (nSPS) is 13.5. The van der Waals surface area contributed by atoms with Gasteiger partial charge in [-0.1, -0.05) is 357 Å². The Bertz CT molecular complexity index is 9810. The van der Waals surface area contributed by atoms with Crippen molar-refractivity contribution in [3.8, 4) is 67.8 Å². The third-order valence-electron chi connectivity index (χ3n) is 27.2. The van der Waals surface area contributed by atoms with Crippen LogP contribution in [-0.4, -0.2) is 36.5 Å². The minimum Gasteiger partial charge on any atom is -0.316 e. The predicted molar refractivity (Wildman–Crippen MR) is 594 cm³/mol. The SMILES string of the molecule is CC(C)(C)c1cn(-c2cccc(-n3cc(C(C)(C)C)c4ccccc43)c2)c2ccccc12.[2H]c1c([2H])c([2H])c2c(c1[2H])c1c([2H])c([2H])c([2H])c([2H])c1n2-c1cccc(-c2cccc(-n3c4c([2H])c([2H])c([2H])c([2H])c4c4c([2H])c([2H])c([2H])c([2H])c43)c2)c1.c1cc(-c2cccc(-n3c4ccccc4c4ccccc43)c2)cc(-n2c3ccccc3c3ccccc32)c1.c1cc(-n2c3ccccc3c3ccccc32)cc(-n2c3ccccc3c3ccccc32)c1. The average Bonchev–Trinajstić information content (AvgIpc) is 1.54. The van der Waals surface area contributed by atoms with Crippen LogP contribution in [0.5, 0.6) is 0 Å². The van der Waals surface area contributed by atoms with Gasteiger partial charge in [0.15, 0.2) is 0 Å². The quantitative estimate of drug-likeness (QED) is 0.131. The Morgan fingerprint density at radius 3 is 0.571 bits per heavy atom. The van der Waals surface area contributed by atoms with Crippen molar-refractivity contribution in [2.45, 2.75) is 52.4 Å². The molecule has 8 heterocycles. The molecule has 0 atom stereocenters. The van der Waals surface area contributed by atoms with Gasteiger partial charge in [-0.3, -0.25) is 0 Å². The lowest BCUT2D eigenvalue weighted by Crippen LogP contribution is -2.10. The van der Waals surface area contributed by atoms with Crippen LogP contribution >= 0.6 is 0 Å². The lowest BCUT2D eigenvalue weighted by atomic mass is 9.87. The molecule has 140 heavy (non-hydrogen) atoms. The number of para-hydroxylation sites is 14. The molecule has 0 spiro atoms. The van der Waals surface area contributed by atoms with E-state index in [2.05, 4.69) is 421 Å². The molecule has 20 aromatic carbocycles. The molecular weight excluding hydrogens is 1700 g/mol. The molecule has 668 valence electrons. The number of fused-ring (bicyclic) bond motifs is 20. The number of nitrogens with zero attached hydrogens (tertiary/aromatic N) is 8. The van der Waals surface area contributed by atoms with Gasteiger partial charge in [-0.15, -0.1) is 0 Å². The van der Waals surface area contributed by atoms with Crippen molar-refractivity contribution < 1.29 is 21.9 Å². The van der Waals surface area contributed by atoms with E-state index in [4.69, 9.17) is 21.9 Å². The third-order valence-corrected chi connectivity index (χ3v) is 27.2. The highest BCUT2D eigenvalue weighted by Crippen LogP contribution is 2.44. The molecule has 0 bridgehead atoms. The topological polar surface area (TPSA) is 39.4 Å². The maximum Gasteiger partial charge on any atom is 0.0645 e. The summed E-state index contributed by atoms with van der Waals surface area (Å²) in [6.07, 6.45) is 4.64. The summed E-state index contributed by atoms with van der Waals surface area (Å²) in [6, 6.07) is 128. The van der Waals surface area contributed by atoms with E-state index in [-0.39, 0.29) is 54.4 Å². The standard InChI is InChI=1S/2C36H24N2.C30H20N2.C30H32N2/c2*1-5-19-33-29(15-1)30-16-2-6-20-34(30)37(33)27-13-9-11-25(23-27)26-12-10-14-28(24-26)38-35-21-7-3-17-31(35)32-18-4-8-22-36(32)38;1-5-16-27-23(12-1)24-13-2-6-17-28(24)31(27)21-10-9-11-22(20-21)32-29-18-7-3-14-25(29)26-15-4-8-19-30(26)32;1-29(2,3)25-19-31(27-16-9-7-14-23(25)27)21-12-11-13-22(18-21)32-20-26(30(4,5)6)24-15-8-10-17-28(24)32/h2*1-24H;1-20H;7-20H,1-6H3/i1D,2D,3D,4D,5D,6D,7D,8D,15D,16D,17D,18D,19D,20D,21D,22D;;;. The van der Waals surface area contributed by atoms with Crippen molar-refractivity contribution >= 4 is 153 Å². The maximum atomic E-state index is 8.84. The van der Waals surface area contributed by atoms with Crippen molar-refractivity contribution in [1.29, 1.82) is 0 Å². The van der Waals surface area contributed by atoms with Gasteiger partial charge in [0, 0.05) is 133 Å². The van der Waals surface area contributed by atoms with Crippen LogP contribution in [0.4, 0.5) is 0 Å². The largest absolute Gasteiger partial charge is 0.316 e. The van der Waals surface area contributed by atoms with Crippen LogP contribution in [0.1, 0.15) is 74.6 Å². The van der Waals surface area contributed by atoms with Gasteiger partial charge in [0.25, 0.3) is 0 Å². The van der Waals surface area contributed by atoms with Gasteiger partial charge in [-0.25, -0.2) is 0 Å². The summed E-state index contributed by atoms with van der Waals surface area (Å²) in [4.78, 5) is 0. The molecule has 0 N–H and O–H groups in total. The molecule has 8 heteroatoms. The van der Waals surface area contributed by atoms with Crippen molar-refractivity contribution in [2.75, 3.05) is 0 Å². The lowest BCUT2D eigenvalue weighted by Gasteiger charge is -2.17. The Kier molecular flexibility index (Phi) is 16.7. The van der Waals surface area contributed by atoms with Crippen LogP contribution in [-0.2, 0) is 10.8 Å². The highest BCUT2D eigenvalue weighted by Gasteiger charge is 2.26. The molecule has 0 amide bonds. The Hall–Kier alpha value is -17.7. The molecule has 0 radical (unpaired) electrons. The molecular formula is C132H100N8. The molecule has 0 aliphatic rings. The fraction of sp³-hybridized carbons (Fsp3) is 0.0606. The fourth-order valence-electron chi connectivity index (χ4n) is 21.0. The van der Waals surface area contributed by atoms with Crippen LogP contribution in [0.2, 0.25) is 0 Å². The average molecular weight is 1810 g/mol. The zero-order valence-electron chi connectivity index (χ0n) is 93.7. The number of rotatable bonds is 10. The molecule has 0 fully saturated rings. The highest BCUT2D eigenvalue weighted by atomic mass is 15.0. The molecule has 0 saturated carbocycles. The van der Waals surface area contributed by atoms with Gasteiger partial charge in [-0.2, -0.15) is 0 Å². The van der Waals surface area contributed by atoms with E-state index in [0.717, 1.165) is 0 Å². The van der Waals surface area contributed by atoms with E-state index < -0.39 is 96.7 Å². The van der Waals surface area contributed by atoms with Gasteiger partial charge in [-0.05, 0) is 214 Å². The van der Waals surface area contributed by atoms with Crippen LogP contribution in [0.3, 0.4) is 0 Å². The smallest absolute Gasteiger partial charge is 0.0645 e. The van der Waals surface area contributed by atoms with E-state index in [1.165, 1.54) is 175 Å². The first-order chi connectivity index (χ1) is 75.4. The minimum atomic E-state index is -0.552. The van der Waals surface area contributed by atoms with E-state index in [9.17, 15) is 0 Å². The second-order valence-electron chi connectivity index (χ2n) is 37.6. The van der Waals surface area contributed by atoms with Crippen LogP contribution in [0, 0.1) is 0 Å². The second-order valence-corrected chi connectivity index (χ2v) is 37.6. The fourth-order valence-corrected chi connectivity index (χ4v) is 21.0. The predicted octanol–water partition coefficient (Wildman–Crippen LogP) is 35.1. The first kappa shape index (κ1) is 68.3. The van der Waals surface area contributed by atoms with Crippen molar-refractivity contribution in [1.82, 2.24) is 36.5 Å². The summed E-state index contributed by atoms with van der Waals surface area (Å²) in [6.45, 7) is 13.7. The zero-order valence-corrected chi connectivity index (χ0v) is 77.7. The Balaban J connectivity index is 0.000000109. The maximum absolute atomic E-state index is 8.84. The van der Waals surface area contributed by atoms with Gasteiger partial charge in [0.2, 0.25) is 0 Å². The minimum absolute atomic E-state index is 0.0394. The summed E-state index contributed by atoms with van der Waals surface area (Å²) in [5.74, 6) is 0. The van der Waals surface area contributed by atoms with Crippen LogP contribution < -0.4 is 0 Å². The molecule has 0 aliphatic heterocycles. The van der Waals surface area contributed by atoms with Crippen molar-refractivity contribution in [3.63, 3.8) is 0 Å². The Labute approximate surface area is 834 Å². The van der Waals surface area contributed by atoms with Gasteiger partial charge in [0.1, 0.15) is 0 Å². The summed E-state index contributed by atoms with van der Waals surface area (Å²) >= 11 is 0. The number of hydrogen-bond donors (Lipinski definition) is 0. The number of benzene rings is 20. The summed E-state index contributed by atoms with van der Waals surface area (Å²) < 4.78 is 154. The second kappa shape index (κ2) is 34.3. The van der Waals surface area contributed by atoms with Gasteiger partial charge >= 0.3 is 0 Å². The first-order valence-electron chi connectivity index (χ1n) is 55.2. The van der Waals surface area contributed by atoms with Crippen LogP contribution in [0.15, 0.2) is 497 Å². The highest BCUT2D eigenvalue weighted by molar-refractivity contribution is 6.15. The Morgan fingerprint density at radius 1 is 0.157 bits per heavy atom. The number of aromatic nitrogens is 8. The summed E-state index contributed by atoms with van der Waals surface area (Å²) in [5, 5.41) is 12.7. The van der Waals surface area contributed by atoms with Gasteiger partial charge < -0.3 is 36.5 Å². The molecule has 8 aromatic heterocycles. The molecule has 28 aromatic rings. The van der Waals surface area contributed by atoms with Crippen molar-refractivity contribution in [3.05, 3.63) is 508 Å². The van der Waals surface area contributed by atoms with E-state index in [0.29, 0.717) is 22.5 Å². The molecule has 8 nitrogen and oxygen atoms in total. The third kappa shape index (κ3) is 14.4. The lowest BCUT2D eigenvalue weighted by molar-refractivity contribution is 0.594. The number of hydrogen-bond acceptors (Lipinski definition) is 0. The van der Waals surface area contributed by atoms with E-state index >= 15 is 0 Å². The van der Waals surface area contributed by atoms with E-state index in [1.807, 2.05) is 0 Å². The summed E-state index contributed by atoms with van der Waals surface area (Å²) in [7, 11) is 0. The van der Waals surface area contributed by atoms with Crippen LogP contribution in [0.25, 0.3) is 220 Å².